The number of hydrogen-bond donors (Lipinski definition) is 2. The van der Waals surface area contributed by atoms with Crippen molar-refractivity contribution in [2.45, 2.75) is 26.8 Å². The molecular formula is C13H19ClN2O2. The van der Waals surface area contributed by atoms with Crippen molar-refractivity contribution in [1.82, 2.24) is 10.6 Å². The maximum atomic E-state index is 11.3. The van der Waals surface area contributed by atoms with Crippen molar-refractivity contribution in [3.8, 4) is 5.75 Å². The van der Waals surface area contributed by atoms with E-state index in [1.807, 2.05) is 32.9 Å². The molecule has 0 aliphatic heterocycles. The Hall–Kier alpha value is -1.42. The highest BCUT2D eigenvalue weighted by Gasteiger charge is 2.02. The maximum absolute atomic E-state index is 11.3. The molecule has 2 amide bonds. The van der Waals surface area contributed by atoms with Crippen LogP contribution in [0.25, 0.3) is 0 Å². The van der Waals surface area contributed by atoms with Crippen molar-refractivity contribution < 1.29 is 9.53 Å². The Morgan fingerprint density at radius 3 is 2.78 bits per heavy atom. The number of ether oxygens (including phenoxy) is 1. The maximum Gasteiger partial charge on any atom is 0.315 e. The summed E-state index contributed by atoms with van der Waals surface area (Å²) >= 11 is 5.91. The topological polar surface area (TPSA) is 50.4 Å². The first-order chi connectivity index (χ1) is 8.49. The number of carbonyl (C=O) groups is 1. The fourth-order valence-corrected chi connectivity index (χ4v) is 1.47. The highest BCUT2D eigenvalue weighted by molar-refractivity contribution is 6.31. The Kier molecular flexibility index (Phi) is 5.78. The Morgan fingerprint density at radius 1 is 1.44 bits per heavy atom. The molecule has 0 radical (unpaired) electrons. The van der Waals surface area contributed by atoms with E-state index in [4.69, 9.17) is 16.3 Å². The molecule has 0 heterocycles. The predicted molar refractivity (Wildman–Crippen MR) is 73.4 cm³/mol. The number of nitrogens with one attached hydrogen (secondary N) is 2. The van der Waals surface area contributed by atoms with Crippen LogP contribution in [0.3, 0.4) is 0 Å². The standard InChI is InChI=1S/C13H19ClN2O2/c1-9(2)16-13(17)15-6-7-18-11-4-5-12(14)10(3)8-11/h4-5,8-9H,6-7H2,1-3H3,(H2,15,16,17). The summed E-state index contributed by atoms with van der Waals surface area (Å²) in [6, 6.07) is 5.43. The number of hydrogen-bond acceptors (Lipinski definition) is 2. The van der Waals surface area contributed by atoms with Gasteiger partial charge in [-0.25, -0.2) is 4.79 Å². The molecule has 1 rings (SSSR count). The van der Waals surface area contributed by atoms with E-state index in [2.05, 4.69) is 10.6 Å². The van der Waals surface area contributed by atoms with E-state index in [1.54, 1.807) is 6.07 Å². The Bertz CT molecular complexity index is 408. The van der Waals surface area contributed by atoms with Gasteiger partial charge in [-0.15, -0.1) is 0 Å². The zero-order valence-corrected chi connectivity index (χ0v) is 11.7. The van der Waals surface area contributed by atoms with Crippen LogP contribution in [-0.4, -0.2) is 25.2 Å². The summed E-state index contributed by atoms with van der Waals surface area (Å²) in [6.45, 7) is 6.62. The third-order valence-corrected chi connectivity index (χ3v) is 2.63. The molecule has 1 aromatic carbocycles. The monoisotopic (exact) mass is 270 g/mol. The van der Waals surface area contributed by atoms with Crippen LogP contribution in [0.4, 0.5) is 4.79 Å². The molecule has 0 bridgehead atoms. The second-order valence-electron chi connectivity index (χ2n) is 4.31. The van der Waals surface area contributed by atoms with E-state index in [-0.39, 0.29) is 12.1 Å². The molecule has 0 aliphatic carbocycles. The fourth-order valence-electron chi connectivity index (χ4n) is 1.35. The Labute approximate surface area is 113 Å². The third-order valence-electron chi connectivity index (χ3n) is 2.21. The first-order valence-electron chi connectivity index (χ1n) is 5.92. The minimum atomic E-state index is -0.180. The van der Waals surface area contributed by atoms with Gasteiger partial charge in [0.1, 0.15) is 12.4 Å². The van der Waals surface area contributed by atoms with Gasteiger partial charge < -0.3 is 15.4 Å². The van der Waals surface area contributed by atoms with Gasteiger partial charge in [0.15, 0.2) is 0 Å². The minimum Gasteiger partial charge on any atom is -0.492 e. The molecule has 18 heavy (non-hydrogen) atoms. The van der Waals surface area contributed by atoms with Crippen LogP contribution in [0.2, 0.25) is 5.02 Å². The van der Waals surface area contributed by atoms with Gasteiger partial charge in [-0.05, 0) is 44.5 Å². The summed E-state index contributed by atoms with van der Waals surface area (Å²) in [6.07, 6.45) is 0. The zero-order valence-electron chi connectivity index (χ0n) is 10.9. The van der Waals surface area contributed by atoms with Gasteiger partial charge in [0.2, 0.25) is 0 Å². The molecule has 100 valence electrons. The second kappa shape index (κ2) is 7.11. The van der Waals surface area contributed by atoms with Crippen LogP contribution < -0.4 is 15.4 Å². The molecule has 0 spiro atoms. The minimum absolute atomic E-state index is 0.129. The van der Waals surface area contributed by atoms with Crippen LogP contribution in [0.5, 0.6) is 5.75 Å². The average Bonchev–Trinajstić information content (AvgIpc) is 2.28. The molecular weight excluding hydrogens is 252 g/mol. The lowest BCUT2D eigenvalue weighted by Gasteiger charge is -2.11. The van der Waals surface area contributed by atoms with Crippen LogP contribution in [0.15, 0.2) is 18.2 Å². The number of rotatable bonds is 5. The zero-order chi connectivity index (χ0) is 13.5. The number of carbonyl (C=O) groups excluding carboxylic acids is 1. The van der Waals surface area contributed by atoms with E-state index in [1.165, 1.54) is 0 Å². The van der Waals surface area contributed by atoms with Crippen molar-refractivity contribution in [3.05, 3.63) is 28.8 Å². The Morgan fingerprint density at radius 2 is 2.17 bits per heavy atom. The second-order valence-corrected chi connectivity index (χ2v) is 4.72. The first-order valence-corrected chi connectivity index (χ1v) is 6.30. The summed E-state index contributed by atoms with van der Waals surface area (Å²) in [5.74, 6) is 0.753. The first kappa shape index (κ1) is 14.6. The van der Waals surface area contributed by atoms with Gasteiger partial charge in [-0.1, -0.05) is 11.6 Å². The molecule has 1 aromatic rings. The van der Waals surface area contributed by atoms with E-state index in [9.17, 15) is 4.79 Å². The summed E-state index contributed by atoms with van der Waals surface area (Å²) in [5, 5.41) is 6.16. The molecule has 5 heteroatoms. The molecule has 4 nitrogen and oxygen atoms in total. The Balaban J connectivity index is 2.25. The number of benzene rings is 1. The molecule has 0 saturated heterocycles. The number of amides is 2. The summed E-state index contributed by atoms with van der Waals surface area (Å²) in [5.41, 5.74) is 0.972. The van der Waals surface area contributed by atoms with Crippen LogP contribution in [0.1, 0.15) is 19.4 Å². The lowest BCUT2D eigenvalue weighted by Crippen LogP contribution is -2.41. The fraction of sp³-hybridized carbons (Fsp3) is 0.462. The highest BCUT2D eigenvalue weighted by Crippen LogP contribution is 2.20. The summed E-state index contributed by atoms with van der Waals surface area (Å²) in [7, 11) is 0. The quantitative estimate of drug-likeness (QED) is 0.809. The van der Waals surface area contributed by atoms with Gasteiger partial charge in [0.25, 0.3) is 0 Å². The van der Waals surface area contributed by atoms with Gasteiger partial charge in [-0.2, -0.15) is 0 Å². The van der Waals surface area contributed by atoms with Crippen LogP contribution in [-0.2, 0) is 0 Å². The SMILES string of the molecule is Cc1cc(OCCNC(=O)NC(C)C)ccc1Cl. The average molecular weight is 271 g/mol. The van der Waals surface area contributed by atoms with Gasteiger partial charge in [0.05, 0.1) is 6.54 Å². The molecule has 0 fully saturated rings. The van der Waals surface area contributed by atoms with Gasteiger partial charge in [0, 0.05) is 11.1 Å². The predicted octanol–water partition coefficient (Wildman–Crippen LogP) is 2.73. The molecule has 0 saturated carbocycles. The molecule has 0 unspecified atom stereocenters. The largest absolute Gasteiger partial charge is 0.492 e. The normalized spacial score (nSPS) is 10.3. The van der Waals surface area contributed by atoms with Crippen molar-refractivity contribution in [2.75, 3.05) is 13.2 Å². The number of aryl methyl sites for hydroxylation is 1. The summed E-state index contributed by atoms with van der Waals surface area (Å²) in [4.78, 5) is 11.3. The van der Waals surface area contributed by atoms with E-state index in [0.29, 0.717) is 13.2 Å². The number of urea groups is 1. The smallest absolute Gasteiger partial charge is 0.315 e. The van der Waals surface area contributed by atoms with Crippen molar-refractivity contribution in [2.24, 2.45) is 0 Å². The summed E-state index contributed by atoms with van der Waals surface area (Å²) < 4.78 is 5.50. The lowest BCUT2D eigenvalue weighted by atomic mass is 10.2. The van der Waals surface area contributed by atoms with Gasteiger partial charge in [-0.3, -0.25) is 0 Å². The third kappa shape index (κ3) is 5.27. The van der Waals surface area contributed by atoms with E-state index >= 15 is 0 Å². The molecule has 0 aliphatic rings. The number of halogens is 1. The molecule has 2 N–H and O–H groups in total. The van der Waals surface area contributed by atoms with E-state index in [0.717, 1.165) is 16.3 Å². The van der Waals surface area contributed by atoms with E-state index < -0.39 is 0 Å². The lowest BCUT2D eigenvalue weighted by molar-refractivity contribution is 0.234. The molecule has 0 aromatic heterocycles. The molecule has 0 atom stereocenters. The van der Waals surface area contributed by atoms with Crippen molar-refractivity contribution >= 4 is 17.6 Å². The van der Waals surface area contributed by atoms with Crippen LogP contribution >= 0.6 is 11.6 Å². The van der Waals surface area contributed by atoms with Crippen molar-refractivity contribution in [3.63, 3.8) is 0 Å². The highest BCUT2D eigenvalue weighted by atomic mass is 35.5. The van der Waals surface area contributed by atoms with Crippen molar-refractivity contribution in [1.29, 1.82) is 0 Å². The van der Waals surface area contributed by atoms with Gasteiger partial charge >= 0.3 is 6.03 Å². The van der Waals surface area contributed by atoms with Crippen LogP contribution in [0, 0.1) is 6.92 Å².